The van der Waals surface area contributed by atoms with E-state index in [1.807, 2.05) is 0 Å². The van der Waals surface area contributed by atoms with Gasteiger partial charge in [-0.1, -0.05) is 6.07 Å². The van der Waals surface area contributed by atoms with Crippen LogP contribution in [0.5, 0.6) is 0 Å². The molecule has 0 aliphatic heterocycles. The van der Waals surface area contributed by atoms with E-state index in [2.05, 4.69) is 47.1 Å². The number of aromatic nitrogens is 2. The summed E-state index contributed by atoms with van der Waals surface area (Å²) in [5, 5.41) is 2.92. The highest BCUT2D eigenvalue weighted by atomic mass is 79.9. The van der Waals surface area contributed by atoms with Gasteiger partial charge in [-0.3, -0.25) is 0 Å². The van der Waals surface area contributed by atoms with Crippen molar-refractivity contribution in [2.45, 2.75) is 6.92 Å². The Kier molecular flexibility index (Phi) is 3.73. The Morgan fingerprint density at radius 1 is 1.24 bits per heavy atom. The summed E-state index contributed by atoms with van der Waals surface area (Å²) in [4.78, 5) is 8.25. The summed E-state index contributed by atoms with van der Waals surface area (Å²) < 4.78 is 14.9. The molecule has 0 bridgehead atoms. The Morgan fingerprint density at radius 2 is 2.00 bits per heavy atom. The zero-order valence-corrected chi connectivity index (χ0v) is 12.0. The average Bonchev–Trinajstić information content (AvgIpc) is 2.22. The number of hydrogen-bond acceptors (Lipinski definition) is 3. The number of aryl methyl sites for hydroxylation is 1. The van der Waals surface area contributed by atoms with Crippen LogP contribution in [0.25, 0.3) is 0 Å². The Labute approximate surface area is 115 Å². The molecule has 0 fully saturated rings. The van der Waals surface area contributed by atoms with Crippen LogP contribution in [-0.4, -0.2) is 9.97 Å². The van der Waals surface area contributed by atoms with E-state index in [4.69, 9.17) is 0 Å². The van der Waals surface area contributed by atoms with Crippen molar-refractivity contribution >= 4 is 43.4 Å². The summed E-state index contributed by atoms with van der Waals surface area (Å²) in [7, 11) is 0. The third-order valence-electron chi connectivity index (χ3n) is 2.02. The van der Waals surface area contributed by atoms with Crippen molar-refractivity contribution in [3.63, 3.8) is 0 Å². The third kappa shape index (κ3) is 3.01. The van der Waals surface area contributed by atoms with Gasteiger partial charge in [-0.05, 0) is 50.9 Å². The first-order valence-electron chi connectivity index (χ1n) is 4.78. The first-order valence-corrected chi connectivity index (χ1v) is 6.37. The van der Waals surface area contributed by atoms with E-state index in [1.165, 1.54) is 6.07 Å². The summed E-state index contributed by atoms with van der Waals surface area (Å²) in [6.45, 7) is 1.77. The van der Waals surface area contributed by atoms with E-state index < -0.39 is 0 Å². The van der Waals surface area contributed by atoms with Crippen LogP contribution in [0.3, 0.4) is 0 Å². The van der Waals surface area contributed by atoms with Crippen molar-refractivity contribution in [3.05, 3.63) is 45.0 Å². The molecule has 0 radical (unpaired) electrons. The molecular weight excluding hydrogens is 353 g/mol. The number of nitrogens with zero attached hydrogens (tertiary/aromatic N) is 2. The number of benzene rings is 1. The zero-order valence-electron chi connectivity index (χ0n) is 8.84. The molecule has 1 aromatic carbocycles. The van der Waals surface area contributed by atoms with Gasteiger partial charge in [-0.25, -0.2) is 14.4 Å². The van der Waals surface area contributed by atoms with Crippen LogP contribution in [0, 0.1) is 12.7 Å². The molecule has 1 heterocycles. The fraction of sp³-hybridized carbons (Fsp3) is 0.0909. The molecule has 1 N–H and O–H groups in total. The molecule has 0 atom stereocenters. The van der Waals surface area contributed by atoms with E-state index in [-0.39, 0.29) is 5.82 Å². The van der Waals surface area contributed by atoms with Crippen molar-refractivity contribution < 1.29 is 4.39 Å². The minimum absolute atomic E-state index is 0.341. The summed E-state index contributed by atoms with van der Waals surface area (Å²) in [6.07, 6.45) is 0. The van der Waals surface area contributed by atoms with Gasteiger partial charge >= 0.3 is 0 Å². The molecule has 3 nitrogen and oxygen atoms in total. The first-order chi connectivity index (χ1) is 8.06. The second kappa shape index (κ2) is 5.10. The molecular formula is C11H8Br2FN3. The lowest BCUT2D eigenvalue weighted by Gasteiger charge is -2.09. The van der Waals surface area contributed by atoms with Crippen LogP contribution >= 0.6 is 31.9 Å². The summed E-state index contributed by atoms with van der Waals surface area (Å²) in [5.41, 5.74) is 0.359. The molecule has 0 amide bonds. The molecule has 2 rings (SSSR count). The lowest BCUT2D eigenvalue weighted by molar-refractivity contribution is 0.631. The molecule has 17 heavy (non-hydrogen) atoms. The van der Waals surface area contributed by atoms with Gasteiger partial charge in [-0.15, -0.1) is 0 Å². The Morgan fingerprint density at radius 3 is 2.65 bits per heavy atom. The molecule has 0 aliphatic rings. The lowest BCUT2D eigenvalue weighted by Crippen LogP contribution is -1.99. The van der Waals surface area contributed by atoms with Gasteiger partial charge in [0.1, 0.15) is 22.1 Å². The van der Waals surface area contributed by atoms with Crippen LogP contribution in [0.4, 0.5) is 15.9 Å². The highest BCUT2D eigenvalue weighted by molar-refractivity contribution is 9.10. The first kappa shape index (κ1) is 12.4. The van der Waals surface area contributed by atoms with Crippen LogP contribution in [0.1, 0.15) is 5.82 Å². The molecule has 0 saturated carbocycles. The van der Waals surface area contributed by atoms with Crippen LogP contribution in [-0.2, 0) is 0 Å². The van der Waals surface area contributed by atoms with Crippen molar-refractivity contribution in [2.24, 2.45) is 0 Å². The Balaban J connectivity index is 2.38. The average molecular weight is 361 g/mol. The number of halogens is 3. The number of rotatable bonds is 2. The normalized spacial score (nSPS) is 10.4. The van der Waals surface area contributed by atoms with E-state index in [0.717, 1.165) is 0 Å². The van der Waals surface area contributed by atoms with Crippen molar-refractivity contribution in [1.82, 2.24) is 9.97 Å². The molecule has 0 aliphatic carbocycles. The van der Waals surface area contributed by atoms with E-state index >= 15 is 0 Å². The van der Waals surface area contributed by atoms with Gasteiger partial charge in [0.25, 0.3) is 0 Å². The summed E-state index contributed by atoms with van der Waals surface area (Å²) in [5.74, 6) is 0.802. The molecule has 2 aromatic rings. The minimum atomic E-state index is -0.341. The van der Waals surface area contributed by atoms with Gasteiger partial charge in [0.05, 0.1) is 5.69 Å². The summed E-state index contributed by atoms with van der Waals surface area (Å²) in [6, 6.07) is 6.46. The Hall–Kier alpha value is -1.01. The standard InChI is InChI=1S/C11H8Br2FN3/c1-6-15-9(13)5-10(16-6)17-11-7(12)3-2-4-8(11)14/h2-5H,1H3,(H,15,16,17). The zero-order chi connectivity index (χ0) is 12.4. The fourth-order valence-electron chi connectivity index (χ4n) is 1.34. The maximum atomic E-state index is 13.6. The predicted octanol–water partition coefficient (Wildman–Crippen LogP) is 4.19. The van der Waals surface area contributed by atoms with Crippen molar-refractivity contribution in [2.75, 3.05) is 5.32 Å². The highest BCUT2D eigenvalue weighted by Crippen LogP contribution is 2.28. The van der Waals surface area contributed by atoms with Crippen LogP contribution < -0.4 is 5.32 Å². The topological polar surface area (TPSA) is 37.8 Å². The third-order valence-corrected chi connectivity index (χ3v) is 3.09. The molecule has 88 valence electrons. The number of anilines is 2. The molecule has 0 spiro atoms. The maximum Gasteiger partial charge on any atom is 0.147 e. The molecule has 1 aromatic heterocycles. The van der Waals surface area contributed by atoms with E-state index in [1.54, 1.807) is 25.1 Å². The van der Waals surface area contributed by atoms with E-state index in [0.29, 0.717) is 26.4 Å². The SMILES string of the molecule is Cc1nc(Br)cc(Nc2c(F)cccc2Br)n1. The fourth-order valence-corrected chi connectivity index (χ4v) is 2.26. The highest BCUT2D eigenvalue weighted by Gasteiger charge is 2.08. The quantitative estimate of drug-likeness (QED) is 0.816. The second-order valence-electron chi connectivity index (χ2n) is 3.34. The largest absolute Gasteiger partial charge is 0.337 e. The monoisotopic (exact) mass is 359 g/mol. The van der Waals surface area contributed by atoms with Crippen LogP contribution in [0.2, 0.25) is 0 Å². The van der Waals surface area contributed by atoms with Crippen molar-refractivity contribution in [1.29, 1.82) is 0 Å². The van der Waals surface area contributed by atoms with Gasteiger partial charge in [0, 0.05) is 10.5 Å². The minimum Gasteiger partial charge on any atom is -0.337 e. The number of nitrogens with one attached hydrogen (secondary N) is 1. The van der Waals surface area contributed by atoms with E-state index in [9.17, 15) is 4.39 Å². The second-order valence-corrected chi connectivity index (χ2v) is 5.01. The molecule has 0 unspecified atom stereocenters. The predicted molar refractivity (Wildman–Crippen MR) is 71.9 cm³/mol. The smallest absolute Gasteiger partial charge is 0.147 e. The maximum absolute atomic E-state index is 13.6. The van der Waals surface area contributed by atoms with Crippen LogP contribution in [0.15, 0.2) is 33.3 Å². The van der Waals surface area contributed by atoms with Crippen molar-refractivity contribution in [3.8, 4) is 0 Å². The van der Waals surface area contributed by atoms with Gasteiger partial charge in [0.15, 0.2) is 0 Å². The number of para-hydroxylation sites is 1. The van der Waals surface area contributed by atoms with Gasteiger partial charge < -0.3 is 5.32 Å². The van der Waals surface area contributed by atoms with Gasteiger partial charge in [0.2, 0.25) is 0 Å². The Bertz CT molecular complexity index is 520. The van der Waals surface area contributed by atoms with Gasteiger partial charge in [-0.2, -0.15) is 0 Å². The summed E-state index contributed by atoms with van der Waals surface area (Å²) >= 11 is 6.55. The number of hydrogen-bond donors (Lipinski definition) is 1. The molecule has 0 saturated heterocycles. The molecule has 6 heteroatoms. The lowest BCUT2D eigenvalue weighted by atomic mass is 10.3.